The molecule has 1 unspecified atom stereocenters. The Labute approximate surface area is 179 Å². The van der Waals surface area contributed by atoms with Gasteiger partial charge in [0.05, 0.1) is 24.4 Å². The summed E-state index contributed by atoms with van der Waals surface area (Å²) in [7, 11) is 1.49. The molecule has 1 saturated heterocycles. The number of carbonyl (C=O) groups excluding carboxylic acids is 2. The number of benzene rings is 3. The number of phenolic OH excluding ortho intramolecular Hbond substituents is 1. The fraction of sp³-hybridized carbons (Fsp3) is 0.120. The van der Waals surface area contributed by atoms with Crippen molar-refractivity contribution >= 4 is 23.1 Å². The number of ether oxygens (including phenoxy) is 1. The van der Waals surface area contributed by atoms with Crippen LogP contribution in [0.4, 0.5) is 5.69 Å². The normalized spacial score (nSPS) is 17.7. The number of aromatic hydroxyl groups is 1. The summed E-state index contributed by atoms with van der Waals surface area (Å²) in [5.41, 5.74) is 2.03. The van der Waals surface area contributed by atoms with Gasteiger partial charge in [-0.3, -0.25) is 14.5 Å². The van der Waals surface area contributed by atoms with Crippen LogP contribution >= 0.6 is 0 Å². The molecule has 3 aromatic carbocycles. The SMILES string of the molecule is COc1ccccc1C1/C(=C(\O)c2ccc(C)cc2)C(=O)C(=O)N1c1ccccc1O. The highest BCUT2D eigenvalue weighted by atomic mass is 16.5. The number of nitrogens with zero attached hydrogens (tertiary/aromatic N) is 1. The molecule has 1 amide bonds. The van der Waals surface area contributed by atoms with Gasteiger partial charge in [-0.2, -0.15) is 0 Å². The Bertz CT molecular complexity index is 1200. The van der Waals surface area contributed by atoms with E-state index in [9.17, 15) is 19.8 Å². The summed E-state index contributed by atoms with van der Waals surface area (Å²) in [5, 5.41) is 21.5. The monoisotopic (exact) mass is 415 g/mol. The number of aliphatic hydroxyl groups excluding tert-OH is 1. The van der Waals surface area contributed by atoms with E-state index in [1.165, 1.54) is 18.1 Å². The second kappa shape index (κ2) is 7.99. The molecule has 31 heavy (non-hydrogen) atoms. The molecule has 1 aliphatic heterocycles. The number of methoxy groups -OCH3 is 1. The van der Waals surface area contributed by atoms with Crippen LogP contribution in [0.1, 0.15) is 22.7 Å². The predicted molar refractivity (Wildman–Crippen MR) is 117 cm³/mol. The zero-order valence-electron chi connectivity index (χ0n) is 17.1. The van der Waals surface area contributed by atoms with E-state index in [-0.39, 0.29) is 22.8 Å². The molecule has 0 radical (unpaired) electrons. The lowest BCUT2D eigenvalue weighted by atomic mass is 9.94. The van der Waals surface area contributed by atoms with Crippen molar-refractivity contribution in [3.05, 3.63) is 95.1 Å². The standard InChI is InChI=1S/C25H21NO5/c1-15-11-13-16(14-12-15)23(28)21-22(17-7-3-6-10-20(17)31-2)26(25(30)24(21)29)18-8-4-5-9-19(18)27/h3-14,22,27-28H,1-2H3/b23-21+. The average molecular weight is 415 g/mol. The highest BCUT2D eigenvalue weighted by Crippen LogP contribution is 2.46. The minimum atomic E-state index is -0.981. The molecule has 4 rings (SSSR count). The Kier molecular flexibility index (Phi) is 5.21. The van der Waals surface area contributed by atoms with E-state index >= 15 is 0 Å². The fourth-order valence-corrected chi connectivity index (χ4v) is 3.80. The number of anilines is 1. The van der Waals surface area contributed by atoms with E-state index in [1.807, 2.05) is 19.1 Å². The lowest BCUT2D eigenvalue weighted by Gasteiger charge is -2.27. The quantitative estimate of drug-likeness (QED) is 0.376. The Morgan fingerprint density at radius 2 is 1.58 bits per heavy atom. The molecule has 1 atom stereocenters. The number of phenols is 1. The molecular formula is C25H21NO5. The number of hydrogen-bond donors (Lipinski definition) is 2. The average Bonchev–Trinajstić information content (AvgIpc) is 3.04. The van der Waals surface area contributed by atoms with Crippen LogP contribution in [0.25, 0.3) is 5.76 Å². The van der Waals surface area contributed by atoms with Crippen LogP contribution in [0.15, 0.2) is 78.4 Å². The molecule has 0 bridgehead atoms. The highest BCUT2D eigenvalue weighted by molar-refractivity contribution is 6.52. The summed E-state index contributed by atoms with van der Waals surface area (Å²) < 4.78 is 5.48. The van der Waals surface area contributed by atoms with E-state index in [4.69, 9.17) is 4.74 Å². The lowest BCUT2D eigenvalue weighted by molar-refractivity contribution is -0.132. The van der Waals surface area contributed by atoms with Crippen molar-refractivity contribution in [2.45, 2.75) is 13.0 Å². The molecule has 0 aliphatic carbocycles. The number of aryl methyl sites for hydroxylation is 1. The van der Waals surface area contributed by atoms with Gasteiger partial charge in [0.2, 0.25) is 0 Å². The van der Waals surface area contributed by atoms with Gasteiger partial charge in [-0.25, -0.2) is 0 Å². The van der Waals surface area contributed by atoms with Gasteiger partial charge in [-0.05, 0) is 25.1 Å². The van der Waals surface area contributed by atoms with Crippen LogP contribution in [0.5, 0.6) is 11.5 Å². The molecule has 3 aromatic rings. The van der Waals surface area contributed by atoms with Gasteiger partial charge in [-0.1, -0.05) is 60.2 Å². The van der Waals surface area contributed by atoms with Gasteiger partial charge in [0.1, 0.15) is 17.3 Å². The summed E-state index contributed by atoms with van der Waals surface area (Å²) in [6, 6.07) is 19.3. The predicted octanol–water partition coefficient (Wildman–Crippen LogP) is 4.34. The van der Waals surface area contributed by atoms with Gasteiger partial charge >= 0.3 is 0 Å². The van der Waals surface area contributed by atoms with Crippen LogP contribution in [0.2, 0.25) is 0 Å². The first-order chi connectivity index (χ1) is 14.9. The van der Waals surface area contributed by atoms with Gasteiger partial charge in [0, 0.05) is 11.1 Å². The minimum absolute atomic E-state index is 0.0680. The second-order valence-corrected chi connectivity index (χ2v) is 7.27. The number of ketones is 1. The molecule has 0 aromatic heterocycles. The molecule has 2 N–H and O–H groups in total. The van der Waals surface area contributed by atoms with Gasteiger partial charge in [0.25, 0.3) is 11.7 Å². The fourth-order valence-electron chi connectivity index (χ4n) is 3.80. The number of amides is 1. The molecule has 1 fully saturated rings. The summed E-state index contributed by atoms with van der Waals surface area (Å²) in [6.07, 6.45) is 0. The van der Waals surface area contributed by atoms with E-state index in [1.54, 1.807) is 54.6 Å². The van der Waals surface area contributed by atoms with Crippen LogP contribution in [-0.2, 0) is 9.59 Å². The summed E-state index contributed by atoms with van der Waals surface area (Å²) >= 11 is 0. The van der Waals surface area contributed by atoms with E-state index in [0.29, 0.717) is 16.9 Å². The Hall–Kier alpha value is -4.06. The largest absolute Gasteiger partial charge is 0.507 e. The molecular weight excluding hydrogens is 394 g/mol. The first-order valence-corrected chi connectivity index (χ1v) is 9.73. The van der Waals surface area contributed by atoms with Crippen LogP contribution in [0, 0.1) is 6.92 Å². The third-order valence-electron chi connectivity index (χ3n) is 5.34. The number of rotatable bonds is 4. The molecule has 1 heterocycles. The molecule has 0 spiro atoms. The zero-order valence-corrected chi connectivity index (χ0v) is 17.1. The van der Waals surface area contributed by atoms with Crippen LogP contribution < -0.4 is 9.64 Å². The zero-order chi connectivity index (χ0) is 22.1. The van der Waals surface area contributed by atoms with E-state index < -0.39 is 17.7 Å². The van der Waals surface area contributed by atoms with Crippen molar-refractivity contribution in [2.75, 3.05) is 12.0 Å². The van der Waals surface area contributed by atoms with E-state index in [0.717, 1.165) is 5.56 Å². The smallest absolute Gasteiger partial charge is 0.300 e. The third-order valence-corrected chi connectivity index (χ3v) is 5.34. The Morgan fingerprint density at radius 3 is 2.26 bits per heavy atom. The van der Waals surface area contributed by atoms with Crippen LogP contribution in [-0.4, -0.2) is 29.0 Å². The molecule has 6 heteroatoms. The number of aliphatic hydroxyl groups is 1. The van der Waals surface area contributed by atoms with Crippen molar-refractivity contribution in [1.82, 2.24) is 0 Å². The van der Waals surface area contributed by atoms with Crippen molar-refractivity contribution < 1.29 is 24.5 Å². The van der Waals surface area contributed by atoms with Gasteiger partial charge in [0.15, 0.2) is 0 Å². The first-order valence-electron chi connectivity index (χ1n) is 9.73. The maximum atomic E-state index is 13.1. The minimum Gasteiger partial charge on any atom is -0.507 e. The second-order valence-electron chi connectivity index (χ2n) is 7.27. The lowest BCUT2D eigenvalue weighted by Crippen LogP contribution is -2.29. The van der Waals surface area contributed by atoms with E-state index in [2.05, 4.69) is 0 Å². The molecule has 1 aliphatic rings. The number of carbonyl (C=O) groups is 2. The summed E-state index contributed by atoms with van der Waals surface area (Å²) in [4.78, 5) is 27.5. The Balaban J connectivity index is 2.00. The van der Waals surface area contributed by atoms with Crippen molar-refractivity contribution in [3.8, 4) is 11.5 Å². The first kappa shape index (κ1) is 20.2. The topological polar surface area (TPSA) is 87.1 Å². The maximum Gasteiger partial charge on any atom is 0.300 e. The molecule has 156 valence electrons. The number of Topliss-reactive ketones (excluding diaryl/α,β-unsaturated/α-hetero) is 1. The summed E-state index contributed by atoms with van der Waals surface area (Å²) in [5.74, 6) is -1.67. The molecule has 6 nitrogen and oxygen atoms in total. The van der Waals surface area contributed by atoms with Crippen molar-refractivity contribution in [2.24, 2.45) is 0 Å². The van der Waals surface area contributed by atoms with Crippen LogP contribution in [0.3, 0.4) is 0 Å². The van der Waals surface area contributed by atoms with Gasteiger partial charge in [-0.15, -0.1) is 0 Å². The number of para-hydroxylation sites is 3. The summed E-state index contributed by atoms with van der Waals surface area (Å²) in [6.45, 7) is 1.91. The van der Waals surface area contributed by atoms with Gasteiger partial charge < -0.3 is 14.9 Å². The molecule has 0 saturated carbocycles. The maximum absolute atomic E-state index is 13.1. The van der Waals surface area contributed by atoms with Crippen molar-refractivity contribution in [1.29, 1.82) is 0 Å². The highest BCUT2D eigenvalue weighted by Gasteiger charge is 2.48. The third kappa shape index (κ3) is 3.42. The number of hydrogen-bond acceptors (Lipinski definition) is 5. The Morgan fingerprint density at radius 1 is 0.935 bits per heavy atom. The van der Waals surface area contributed by atoms with Crippen molar-refractivity contribution in [3.63, 3.8) is 0 Å².